The smallest absolute Gasteiger partial charge is 0.664 e. The normalized spacial score (nSPS) is 26.2. The first kappa shape index (κ1) is 49.5. The van der Waals surface area contributed by atoms with Crippen LogP contribution in [-0.4, -0.2) is 101 Å². The maximum Gasteiger partial charge on any atom is 4.00 e. The summed E-state index contributed by atoms with van der Waals surface area (Å²) in [6.07, 6.45) is 0.441. The summed E-state index contributed by atoms with van der Waals surface area (Å²) in [5.41, 5.74) is -2.35. The SMILES string of the molecule is CC1(CC(=O)O)/C2=C/c3[n-]c(c(CCC(=O)O)c3CC(=O)O)/C=c3\[n-]/c(c(CC(=O)O)c3CCC(=O)O)=C\C3[N-]C(/C=C(\[N-]2)C1CCC(=O)O)C(C)(CC(=O)O)C3CCC(=O)O.[Fe+4]. The van der Waals surface area contributed by atoms with Gasteiger partial charge in [-0.3, -0.25) is 38.4 Å². The Kier molecular flexibility index (Phi) is 15.6. The van der Waals surface area contributed by atoms with Gasteiger partial charge in [0, 0.05) is 32.1 Å². The zero-order chi connectivity index (χ0) is 45.8. The zero-order valence-corrected chi connectivity index (χ0v) is 35.2. The van der Waals surface area contributed by atoms with Gasteiger partial charge in [0.25, 0.3) is 0 Å². The van der Waals surface area contributed by atoms with E-state index in [1.807, 2.05) is 0 Å². The number of hydrogen-bond acceptors (Lipinski definition) is 8. The summed E-state index contributed by atoms with van der Waals surface area (Å²) in [5, 5.41) is 89.5. The molecule has 21 heteroatoms. The molecule has 338 valence electrons. The van der Waals surface area contributed by atoms with Gasteiger partial charge in [0.1, 0.15) is 0 Å². The van der Waals surface area contributed by atoms with E-state index in [0.29, 0.717) is 0 Å². The molecule has 5 heterocycles. The van der Waals surface area contributed by atoms with Crippen molar-refractivity contribution in [1.82, 2.24) is 9.97 Å². The molecular formula is C42H46FeN4O16. The Balaban J connectivity index is 0.00000871. The van der Waals surface area contributed by atoms with E-state index in [1.54, 1.807) is 13.8 Å². The second-order valence-corrected chi connectivity index (χ2v) is 16.3. The molecule has 20 nitrogen and oxygen atoms in total. The minimum absolute atomic E-state index is 0. The number of fused-ring (bicyclic) bond motifs is 8. The number of rotatable bonds is 20. The predicted octanol–water partition coefficient (Wildman–Crippen LogP) is 2.17. The van der Waals surface area contributed by atoms with Gasteiger partial charge in [-0.05, 0) is 53.9 Å². The number of carbonyl (C=O) groups is 8. The van der Waals surface area contributed by atoms with Crippen LogP contribution in [0, 0.1) is 22.7 Å². The molecule has 2 aromatic heterocycles. The maximum atomic E-state index is 12.6. The summed E-state index contributed by atoms with van der Waals surface area (Å²) in [6, 6.07) is -2.15. The molecule has 0 spiro atoms. The summed E-state index contributed by atoms with van der Waals surface area (Å²) < 4.78 is 0. The number of carboxylic acid groups (broad SMARTS) is 8. The standard InChI is InChI=1S/C42H46N4O16.Fe/c1-41(17-39(59)60)23(5-9-35(51)52)29-14-27-21(11-37(55)56)19(3-7-33(47)48)25(43-27)13-26-20(4-8-34(49)50)22(12-38(57)58)28(44-26)15-31-42(2,18-40(61)62)24(6-10-36(53)54)30(46-31)16-32(41)45-29;/h13-16,23-24,29,32H,3-12,17-18H2,1-2H3,(H,47,48)(H,49,50)(H,51,52)(H,53,54)(H,55,56)(H,57,58)(H,59,60)(H,61,62);/q-4;+4/b25-13-,27-14-,30-16-,31-15-;. The van der Waals surface area contributed by atoms with E-state index < -0.39 is 134 Å². The average Bonchev–Trinajstić information content (AvgIpc) is 3.77. The number of allylic oxidation sites excluding steroid dienone is 2. The Morgan fingerprint density at radius 2 is 1.11 bits per heavy atom. The summed E-state index contributed by atoms with van der Waals surface area (Å²) in [6.45, 7) is 3.13. The van der Waals surface area contributed by atoms with E-state index in [4.69, 9.17) is 20.6 Å². The second-order valence-electron chi connectivity index (χ2n) is 16.3. The van der Waals surface area contributed by atoms with E-state index in [2.05, 4.69) is 0 Å². The van der Waals surface area contributed by atoms with Gasteiger partial charge in [-0.15, -0.1) is 46.3 Å². The zero-order valence-electron chi connectivity index (χ0n) is 34.1. The molecule has 0 radical (unpaired) electrons. The topological polar surface area (TPSA) is 355 Å². The Morgan fingerprint density at radius 1 is 0.571 bits per heavy atom. The van der Waals surface area contributed by atoms with Crippen LogP contribution >= 0.6 is 0 Å². The number of hydrogen-bond donors (Lipinski definition) is 8. The largest absolute Gasteiger partial charge is 4.00 e. The van der Waals surface area contributed by atoms with Gasteiger partial charge in [0.2, 0.25) is 0 Å². The van der Waals surface area contributed by atoms with Crippen molar-refractivity contribution in [3.63, 3.8) is 0 Å². The summed E-state index contributed by atoms with van der Waals surface area (Å²) in [7, 11) is 0. The van der Waals surface area contributed by atoms with Gasteiger partial charge in [0.15, 0.2) is 0 Å². The first-order valence-electron chi connectivity index (χ1n) is 19.7. The van der Waals surface area contributed by atoms with Crippen molar-refractivity contribution in [1.29, 1.82) is 0 Å². The molecule has 8 N–H and O–H groups in total. The van der Waals surface area contributed by atoms with Crippen LogP contribution in [0.2, 0.25) is 0 Å². The van der Waals surface area contributed by atoms with Gasteiger partial charge in [0.05, 0.1) is 19.3 Å². The first-order valence-corrected chi connectivity index (χ1v) is 19.7. The van der Waals surface area contributed by atoms with Crippen LogP contribution in [0.25, 0.3) is 28.9 Å². The third kappa shape index (κ3) is 11.3. The van der Waals surface area contributed by atoms with Gasteiger partial charge >= 0.3 is 64.8 Å². The number of nitrogens with zero attached hydrogens (tertiary/aromatic N) is 4. The van der Waals surface area contributed by atoms with Crippen LogP contribution in [0.5, 0.6) is 0 Å². The molecule has 6 atom stereocenters. The molecular weight excluding hydrogens is 872 g/mol. The molecule has 5 rings (SSSR count). The summed E-state index contributed by atoms with van der Waals surface area (Å²) >= 11 is 0. The van der Waals surface area contributed by atoms with Crippen LogP contribution in [0.15, 0.2) is 17.5 Å². The molecule has 0 saturated carbocycles. The van der Waals surface area contributed by atoms with Gasteiger partial charge in [-0.1, -0.05) is 42.7 Å². The molecule has 8 bridgehead atoms. The molecule has 63 heavy (non-hydrogen) atoms. The third-order valence-electron chi connectivity index (χ3n) is 12.1. The van der Waals surface area contributed by atoms with Crippen LogP contribution in [0.4, 0.5) is 0 Å². The predicted molar refractivity (Wildman–Crippen MR) is 213 cm³/mol. The third-order valence-corrected chi connectivity index (χ3v) is 12.1. The molecule has 2 aromatic rings. The van der Waals surface area contributed by atoms with Crippen molar-refractivity contribution in [2.45, 2.75) is 103 Å². The second kappa shape index (κ2) is 19.9. The Bertz CT molecular complexity index is 2400. The molecule has 2 saturated heterocycles. The van der Waals surface area contributed by atoms with E-state index in [9.17, 15) is 79.2 Å². The van der Waals surface area contributed by atoms with Crippen LogP contribution < -0.4 is 20.7 Å². The quantitative estimate of drug-likeness (QED) is 0.0882. The van der Waals surface area contributed by atoms with E-state index in [1.165, 1.54) is 24.3 Å². The van der Waals surface area contributed by atoms with E-state index in [0.717, 1.165) is 0 Å². The van der Waals surface area contributed by atoms with Gasteiger partial charge < -0.3 is 61.5 Å². The Labute approximate surface area is 369 Å². The van der Waals surface area contributed by atoms with Gasteiger partial charge in [-0.2, -0.15) is 11.4 Å². The number of aromatic nitrogens is 2. The molecule has 0 aliphatic carbocycles. The van der Waals surface area contributed by atoms with Crippen molar-refractivity contribution in [3.05, 3.63) is 72.4 Å². The monoisotopic (exact) mass is 918 g/mol. The van der Waals surface area contributed by atoms with Gasteiger partial charge in [-0.25, -0.2) is 0 Å². The van der Waals surface area contributed by atoms with Crippen LogP contribution in [-0.2, 0) is 81.1 Å². The van der Waals surface area contributed by atoms with Crippen LogP contribution in [0.3, 0.4) is 0 Å². The van der Waals surface area contributed by atoms with E-state index in [-0.39, 0.29) is 98.5 Å². The molecule has 3 aliphatic heterocycles. The van der Waals surface area contributed by atoms with E-state index >= 15 is 0 Å². The Hall–Kier alpha value is -6.18. The minimum Gasteiger partial charge on any atom is -0.664 e. The molecule has 0 amide bonds. The van der Waals surface area contributed by atoms with Crippen molar-refractivity contribution in [2.75, 3.05) is 0 Å². The minimum atomic E-state index is -1.50. The first-order chi connectivity index (χ1) is 29.0. The Morgan fingerprint density at radius 3 is 1.67 bits per heavy atom. The number of aliphatic carboxylic acids is 8. The fourth-order valence-electron chi connectivity index (χ4n) is 9.21. The number of carboxylic acids is 8. The van der Waals surface area contributed by atoms with Crippen molar-refractivity contribution in [3.8, 4) is 0 Å². The molecule has 6 unspecified atom stereocenters. The summed E-state index contributed by atoms with van der Waals surface area (Å²) in [4.78, 5) is 107. The summed E-state index contributed by atoms with van der Waals surface area (Å²) in [5.74, 6) is -12.0. The molecule has 2 fully saturated rings. The average molecular weight is 919 g/mol. The van der Waals surface area contributed by atoms with Crippen LogP contribution in [0.1, 0.15) is 98.9 Å². The fraction of sp³-hybridized carbons (Fsp3) is 0.476. The maximum absolute atomic E-state index is 12.6. The van der Waals surface area contributed by atoms with Crippen molar-refractivity contribution in [2.24, 2.45) is 22.7 Å². The van der Waals surface area contributed by atoms with Crippen molar-refractivity contribution < 1.29 is 96.3 Å². The van der Waals surface area contributed by atoms with Crippen molar-refractivity contribution >= 4 is 66.0 Å². The molecule has 3 aliphatic rings. The fourth-order valence-corrected chi connectivity index (χ4v) is 9.21. The molecule has 0 aromatic carbocycles.